The van der Waals surface area contributed by atoms with Crippen molar-refractivity contribution in [2.24, 2.45) is 0 Å². The van der Waals surface area contributed by atoms with Gasteiger partial charge >= 0.3 is 12.3 Å². The fraction of sp³-hybridized carbons (Fsp3) is 0.667. The van der Waals surface area contributed by atoms with Crippen LogP contribution in [0.2, 0.25) is 0 Å². The van der Waals surface area contributed by atoms with Crippen molar-refractivity contribution in [1.29, 1.82) is 0 Å². The third-order valence-corrected chi connectivity index (χ3v) is 2.07. The van der Waals surface area contributed by atoms with Crippen molar-refractivity contribution in [2.45, 2.75) is 31.9 Å². The molecule has 0 radical (unpaired) electrons. The summed E-state index contributed by atoms with van der Waals surface area (Å²) in [4.78, 5) is 10.7. The van der Waals surface area contributed by atoms with Crippen LogP contribution in [-0.4, -0.2) is 30.8 Å². The van der Waals surface area contributed by atoms with Gasteiger partial charge in [0.1, 0.15) is 0 Å². The van der Waals surface area contributed by atoms with Crippen LogP contribution in [0, 0.1) is 0 Å². The summed E-state index contributed by atoms with van der Waals surface area (Å²) < 4.78 is 49.6. The minimum absolute atomic E-state index is 0.0542. The van der Waals surface area contributed by atoms with Gasteiger partial charge in [0.2, 0.25) is 0 Å². The molecule has 16 heavy (non-hydrogen) atoms. The molecule has 2 atom stereocenters. The minimum Gasteiger partial charge on any atom is -0.424 e. The van der Waals surface area contributed by atoms with Crippen molar-refractivity contribution in [3.63, 3.8) is 0 Å². The highest BCUT2D eigenvalue weighted by Gasteiger charge is 2.46. The fourth-order valence-electron chi connectivity index (χ4n) is 1.07. The monoisotopic (exact) mass is 240 g/mol. The molecule has 0 saturated carbocycles. The Bertz CT molecular complexity index is 300. The molecule has 1 fully saturated rings. The Hall–Kier alpha value is -1.24. The van der Waals surface area contributed by atoms with Gasteiger partial charge in [-0.15, -0.1) is 0 Å². The van der Waals surface area contributed by atoms with E-state index in [1.165, 1.54) is 13.8 Å². The second kappa shape index (κ2) is 4.32. The lowest BCUT2D eigenvalue weighted by Gasteiger charge is -2.23. The van der Waals surface area contributed by atoms with E-state index in [-0.39, 0.29) is 12.7 Å². The number of carbonyl (C=O) groups is 1. The van der Waals surface area contributed by atoms with Gasteiger partial charge in [-0.05, 0) is 6.92 Å². The summed E-state index contributed by atoms with van der Waals surface area (Å²) in [6.07, 6.45) is -5.09. The van der Waals surface area contributed by atoms with Crippen LogP contribution in [0.3, 0.4) is 0 Å². The van der Waals surface area contributed by atoms with E-state index >= 15 is 0 Å². The lowest BCUT2D eigenvalue weighted by molar-refractivity contribution is -0.179. The largest absolute Gasteiger partial charge is 0.511 e. The van der Waals surface area contributed by atoms with Crippen molar-refractivity contribution in [2.75, 3.05) is 6.61 Å². The van der Waals surface area contributed by atoms with Gasteiger partial charge in [0, 0.05) is 13.0 Å². The van der Waals surface area contributed by atoms with Gasteiger partial charge in [0.05, 0.1) is 6.61 Å². The minimum atomic E-state index is -4.38. The summed E-state index contributed by atoms with van der Waals surface area (Å²) in [5.41, 5.74) is 0. The van der Waals surface area contributed by atoms with Gasteiger partial charge in [-0.3, -0.25) is 0 Å². The van der Waals surface area contributed by atoms with E-state index in [0.29, 0.717) is 0 Å². The average Bonchev–Trinajstić information content (AvgIpc) is 2.34. The number of ether oxygens (including phenoxy) is 3. The number of rotatable bonds is 3. The fourth-order valence-corrected chi connectivity index (χ4v) is 1.07. The maximum atomic E-state index is 11.7. The van der Waals surface area contributed by atoms with Crippen molar-refractivity contribution >= 4 is 6.16 Å². The third-order valence-electron chi connectivity index (χ3n) is 2.07. The summed E-state index contributed by atoms with van der Waals surface area (Å²) in [5.74, 6) is -1.34. The Kier molecular flexibility index (Phi) is 3.47. The lowest BCUT2D eigenvalue weighted by atomic mass is 10.2. The normalized spacial score (nSPS) is 30.6. The maximum Gasteiger partial charge on any atom is 0.511 e. The molecule has 0 amide bonds. The molecule has 0 bridgehead atoms. The molecule has 0 spiro atoms. The van der Waals surface area contributed by atoms with E-state index in [0.717, 1.165) is 6.08 Å². The molecule has 1 aliphatic heterocycles. The molecule has 0 aromatic carbocycles. The number of halogens is 3. The average molecular weight is 240 g/mol. The maximum absolute atomic E-state index is 11.7. The van der Waals surface area contributed by atoms with Crippen LogP contribution in [0.4, 0.5) is 18.0 Å². The Morgan fingerprint density at radius 2 is 2.19 bits per heavy atom. The number of hydrogen-bond donors (Lipinski definition) is 0. The van der Waals surface area contributed by atoms with Crippen LogP contribution in [0.1, 0.15) is 13.8 Å². The molecule has 7 heteroatoms. The Morgan fingerprint density at radius 3 is 2.62 bits per heavy atom. The molecular formula is C9H11F3O4. The lowest BCUT2D eigenvalue weighted by Crippen LogP contribution is -2.37. The first-order valence-electron chi connectivity index (χ1n) is 4.51. The quantitative estimate of drug-likeness (QED) is 0.561. The van der Waals surface area contributed by atoms with Crippen molar-refractivity contribution in [3.05, 3.63) is 12.2 Å². The first-order chi connectivity index (χ1) is 7.23. The number of allylic oxidation sites excluding steroid dienone is 1. The van der Waals surface area contributed by atoms with Gasteiger partial charge in [-0.2, -0.15) is 13.2 Å². The van der Waals surface area contributed by atoms with Crippen molar-refractivity contribution < 1.29 is 32.2 Å². The number of carbonyl (C=O) groups excluding carboxylic acids is 1. The first kappa shape index (κ1) is 12.8. The van der Waals surface area contributed by atoms with Gasteiger partial charge in [0.15, 0.2) is 6.10 Å². The van der Waals surface area contributed by atoms with Gasteiger partial charge in [0.25, 0.3) is 5.79 Å². The van der Waals surface area contributed by atoms with Crippen LogP contribution in [0.15, 0.2) is 12.2 Å². The molecule has 0 aromatic rings. The summed E-state index contributed by atoms with van der Waals surface area (Å²) >= 11 is 0. The molecule has 2 unspecified atom stereocenters. The highest BCUT2D eigenvalue weighted by atomic mass is 19.4. The Labute approximate surface area is 90.0 Å². The molecule has 92 valence electrons. The Morgan fingerprint density at radius 1 is 1.56 bits per heavy atom. The highest BCUT2D eigenvalue weighted by molar-refractivity contribution is 5.62. The summed E-state index contributed by atoms with van der Waals surface area (Å²) in [6, 6.07) is 0. The molecule has 1 rings (SSSR count). The van der Waals surface area contributed by atoms with Gasteiger partial charge < -0.3 is 14.2 Å². The number of hydrogen-bond acceptors (Lipinski definition) is 4. The van der Waals surface area contributed by atoms with E-state index in [4.69, 9.17) is 9.47 Å². The second-order valence-electron chi connectivity index (χ2n) is 3.38. The predicted molar refractivity (Wildman–Crippen MR) is 46.6 cm³/mol. The van der Waals surface area contributed by atoms with Crippen LogP contribution in [-0.2, 0) is 14.2 Å². The van der Waals surface area contributed by atoms with Crippen LogP contribution < -0.4 is 0 Å². The Balaban J connectivity index is 2.43. The third kappa shape index (κ3) is 3.41. The molecule has 1 aliphatic rings. The highest BCUT2D eigenvalue weighted by Crippen LogP contribution is 2.28. The van der Waals surface area contributed by atoms with E-state index in [9.17, 15) is 18.0 Å². The number of alkyl halides is 3. The summed E-state index contributed by atoms with van der Waals surface area (Å²) in [6.45, 7) is 2.62. The summed E-state index contributed by atoms with van der Waals surface area (Å²) in [7, 11) is 0. The van der Waals surface area contributed by atoms with Crippen LogP contribution in [0.25, 0.3) is 0 Å². The molecular weight excluding hydrogens is 229 g/mol. The molecule has 1 saturated heterocycles. The SMILES string of the molecule is CC1OC(=O)OC1(C)OC/C=C/C(F)(F)F. The zero-order valence-corrected chi connectivity index (χ0v) is 8.71. The number of cyclic esters (lactones) is 2. The zero-order valence-electron chi connectivity index (χ0n) is 8.71. The van der Waals surface area contributed by atoms with Crippen LogP contribution in [0.5, 0.6) is 0 Å². The topological polar surface area (TPSA) is 44.8 Å². The molecule has 0 aliphatic carbocycles. The second-order valence-corrected chi connectivity index (χ2v) is 3.38. The standard InChI is InChI=1S/C9H11F3O4/c1-6-8(2,16-7(13)15-6)14-5-3-4-9(10,11)12/h3-4,6H,5H2,1-2H3/b4-3+. The van der Waals surface area contributed by atoms with Gasteiger partial charge in [-0.25, -0.2) is 4.79 Å². The van der Waals surface area contributed by atoms with Crippen LogP contribution >= 0.6 is 0 Å². The summed E-state index contributed by atoms with van der Waals surface area (Å²) in [5, 5.41) is 0. The van der Waals surface area contributed by atoms with E-state index in [1.54, 1.807) is 0 Å². The smallest absolute Gasteiger partial charge is 0.424 e. The molecule has 0 aromatic heterocycles. The van der Waals surface area contributed by atoms with E-state index in [2.05, 4.69) is 4.74 Å². The van der Waals surface area contributed by atoms with Crippen molar-refractivity contribution in [3.8, 4) is 0 Å². The van der Waals surface area contributed by atoms with Crippen molar-refractivity contribution in [1.82, 2.24) is 0 Å². The van der Waals surface area contributed by atoms with E-state index < -0.39 is 24.2 Å². The molecule has 4 nitrogen and oxygen atoms in total. The van der Waals surface area contributed by atoms with E-state index in [1.807, 2.05) is 0 Å². The molecule has 1 heterocycles. The predicted octanol–water partition coefficient (Wildman–Crippen LogP) is 2.39. The first-order valence-corrected chi connectivity index (χ1v) is 4.51. The van der Waals surface area contributed by atoms with Gasteiger partial charge in [-0.1, -0.05) is 6.08 Å². The molecule has 0 N–H and O–H groups in total. The zero-order chi connectivity index (χ0) is 12.4.